The minimum atomic E-state index is -3.64. The van der Waals surface area contributed by atoms with Crippen LogP contribution in [0.25, 0.3) is 0 Å². The Bertz CT molecular complexity index is 743. The maximum absolute atomic E-state index is 12.9. The number of nitrogens with zero attached hydrogens (tertiary/aromatic N) is 2. The number of piperidine rings is 1. The number of ether oxygens (including phenoxy) is 2. The van der Waals surface area contributed by atoms with Gasteiger partial charge in [-0.1, -0.05) is 0 Å². The summed E-state index contributed by atoms with van der Waals surface area (Å²) < 4.78 is 37.6. The van der Waals surface area contributed by atoms with E-state index in [-0.39, 0.29) is 16.7 Å². The van der Waals surface area contributed by atoms with Gasteiger partial charge in [0.1, 0.15) is 0 Å². The molecule has 1 N–H and O–H groups in total. The SMILES string of the molecule is COc1ccc(S(=O)(=O)N2CCC(C(=O)NCCN(C)C)CC2)cc1OC. The smallest absolute Gasteiger partial charge is 0.243 e. The Kier molecular flexibility index (Phi) is 7.46. The third-order valence-corrected chi connectivity index (χ3v) is 6.57. The molecule has 1 aliphatic heterocycles. The minimum Gasteiger partial charge on any atom is -0.493 e. The van der Waals surface area contributed by atoms with Crippen LogP contribution in [0.1, 0.15) is 12.8 Å². The molecule has 1 aliphatic rings. The van der Waals surface area contributed by atoms with E-state index in [1.165, 1.54) is 30.7 Å². The van der Waals surface area contributed by atoms with E-state index in [4.69, 9.17) is 9.47 Å². The summed E-state index contributed by atoms with van der Waals surface area (Å²) in [6.07, 6.45) is 1.03. The third kappa shape index (κ3) is 5.33. The summed E-state index contributed by atoms with van der Waals surface area (Å²) in [7, 11) is 3.23. The summed E-state index contributed by atoms with van der Waals surface area (Å²) in [5, 5.41) is 2.92. The van der Waals surface area contributed by atoms with Crippen molar-refractivity contribution in [3.63, 3.8) is 0 Å². The van der Waals surface area contributed by atoms with Gasteiger partial charge in [0.05, 0.1) is 19.1 Å². The molecule has 27 heavy (non-hydrogen) atoms. The number of hydrogen-bond donors (Lipinski definition) is 1. The van der Waals surface area contributed by atoms with E-state index in [1.807, 2.05) is 19.0 Å². The lowest BCUT2D eigenvalue weighted by atomic mass is 9.97. The molecule has 0 unspecified atom stereocenters. The van der Waals surface area contributed by atoms with Gasteiger partial charge in [-0.15, -0.1) is 0 Å². The standard InChI is InChI=1S/C18H29N3O5S/c1-20(2)12-9-19-18(22)14-7-10-21(11-8-14)27(23,24)15-5-6-16(25-3)17(13-15)26-4/h5-6,13-14H,7-12H2,1-4H3,(H,19,22). The maximum atomic E-state index is 12.9. The quantitative estimate of drug-likeness (QED) is 0.695. The first-order chi connectivity index (χ1) is 12.8. The molecule has 1 amide bonds. The van der Waals surface area contributed by atoms with Crippen LogP contribution in [0.2, 0.25) is 0 Å². The lowest BCUT2D eigenvalue weighted by Crippen LogP contribution is -2.43. The number of nitrogens with one attached hydrogen (secondary N) is 1. The van der Waals surface area contributed by atoms with Gasteiger partial charge >= 0.3 is 0 Å². The van der Waals surface area contributed by atoms with E-state index in [9.17, 15) is 13.2 Å². The Hall–Kier alpha value is -1.84. The largest absolute Gasteiger partial charge is 0.493 e. The van der Waals surface area contributed by atoms with Crippen molar-refractivity contribution in [2.24, 2.45) is 5.92 Å². The highest BCUT2D eigenvalue weighted by molar-refractivity contribution is 7.89. The monoisotopic (exact) mass is 399 g/mol. The molecule has 0 saturated carbocycles. The zero-order valence-corrected chi connectivity index (χ0v) is 17.2. The van der Waals surface area contributed by atoms with Crippen LogP contribution in [0.15, 0.2) is 23.1 Å². The molecule has 8 nitrogen and oxygen atoms in total. The van der Waals surface area contributed by atoms with Crippen LogP contribution in [0, 0.1) is 5.92 Å². The van der Waals surface area contributed by atoms with Gasteiger partial charge in [0.15, 0.2) is 11.5 Å². The summed E-state index contributed by atoms with van der Waals surface area (Å²) >= 11 is 0. The molecule has 2 rings (SSSR count). The Labute approximate surface area is 161 Å². The lowest BCUT2D eigenvalue weighted by Gasteiger charge is -2.30. The molecule has 0 aromatic heterocycles. The number of hydrogen-bond acceptors (Lipinski definition) is 6. The highest BCUT2D eigenvalue weighted by Crippen LogP contribution is 2.31. The summed E-state index contributed by atoms with van der Waals surface area (Å²) in [5.74, 6) is 0.697. The predicted octanol–water partition coefficient (Wildman–Crippen LogP) is 0.782. The maximum Gasteiger partial charge on any atom is 0.243 e. The number of rotatable bonds is 8. The highest BCUT2D eigenvalue weighted by atomic mass is 32.2. The fourth-order valence-corrected chi connectivity index (χ4v) is 4.52. The van der Waals surface area contributed by atoms with Crippen LogP contribution in [-0.4, -0.2) is 78.0 Å². The average Bonchev–Trinajstić information content (AvgIpc) is 2.67. The molecule has 0 bridgehead atoms. The second-order valence-electron chi connectivity index (χ2n) is 6.79. The van der Waals surface area contributed by atoms with Crippen LogP contribution in [0.4, 0.5) is 0 Å². The number of amides is 1. The van der Waals surface area contributed by atoms with E-state index >= 15 is 0 Å². The Morgan fingerprint density at radius 3 is 2.37 bits per heavy atom. The van der Waals surface area contributed by atoms with Crippen molar-refractivity contribution in [2.75, 3.05) is 54.5 Å². The van der Waals surface area contributed by atoms with Crippen molar-refractivity contribution in [1.29, 1.82) is 0 Å². The van der Waals surface area contributed by atoms with Crippen molar-refractivity contribution < 1.29 is 22.7 Å². The number of carbonyl (C=O) groups excluding carboxylic acids is 1. The molecule has 0 atom stereocenters. The molecule has 0 radical (unpaired) electrons. The molecule has 152 valence electrons. The first-order valence-electron chi connectivity index (χ1n) is 8.94. The predicted molar refractivity (Wildman–Crippen MR) is 103 cm³/mol. The summed E-state index contributed by atoms with van der Waals surface area (Å²) in [6, 6.07) is 4.56. The summed E-state index contributed by atoms with van der Waals surface area (Å²) in [5.41, 5.74) is 0. The molecule has 0 spiro atoms. The first kappa shape index (κ1) is 21.5. The average molecular weight is 400 g/mol. The molecule has 9 heteroatoms. The van der Waals surface area contributed by atoms with Crippen molar-refractivity contribution in [1.82, 2.24) is 14.5 Å². The van der Waals surface area contributed by atoms with Crippen LogP contribution < -0.4 is 14.8 Å². The molecule has 1 fully saturated rings. The summed E-state index contributed by atoms with van der Waals surface area (Å²) in [4.78, 5) is 14.4. The van der Waals surface area contributed by atoms with Gasteiger partial charge in [-0.25, -0.2) is 8.42 Å². The Balaban J connectivity index is 1.99. The molecule has 1 aromatic rings. The van der Waals surface area contributed by atoms with E-state index in [0.29, 0.717) is 44.0 Å². The highest BCUT2D eigenvalue weighted by Gasteiger charge is 2.32. The van der Waals surface area contributed by atoms with Crippen LogP contribution >= 0.6 is 0 Å². The van der Waals surface area contributed by atoms with E-state index in [1.54, 1.807) is 6.07 Å². The number of benzene rings is 1. The topological polar surface area (TPSA) is 88.2 Å². The van der Waals surface area contributed by atoms with Crippen LogP contribution in [0.3, 0.4) is 0 Å². The lowest BCUT2D eigenvalue weighted by molar-refractivity contribution is -0.126. The Morgan fingerprint density at radius 1 is 1.19 bits per heavy atom. The molecule has 1 aromatic carbocycles. The number of likely N-dealkylation sites (N-methyl/N-ethyl adjacent to an activating group) is 1. The Morgan fingerprint density at radius 2 is 1.81 bits per heavy atom. The molecule has 1 saturated heterocycles. The normalized spacial score (nSPS) is 16.3. The van der Waals surface area contributed by atoms with Crippen molar-refractivity contribution in [2.45, 2.75) is 17.7 Å². The summed E-state index contributed by atoms with van der Waals surface area (Å²) in [6.45, 7) is 2.01. The number of carbonyl (C=O) groups is 1. The van der Waals surface area contributed by atoms with Crippen LogP contribution in [-0.2, 0) is 14.8 Å². The van der Waals surface area contributed by atoms with Crippen LogP contribution in [0.5, 0.6) is 11.5 Å². The van der Waals surface area contributed by atoms with Crippen molar-refractivity contribution >= 4 is 15.9 Å². The molecular weight excluding hydrogens is 370 g/mol. The van der Waals surface area contributed by atoms with Gasteiger partial charge in [0.2, 0.25) is 15.9 Å². The van der Waals surface area contributed by atoms with Crippen molar-refractivity contribution in [3.8, 4) is 11.5 Å². The molecule has 0 aliphatic carbocycles. The van der Waals surface area contributed by atoms with E-state index < -0.39 is 10.0 Å². The number of sulfonamides is 1. The van der Waals surface area contributed by atoms with Gasteiger partial charge in [0, 0.05) is 38.2 Å². The second-order valence-corrected chi connectivity index (χ2v) is 8.73. The zero-order valence-electron chi connectivity index (χ0n) is 16.4. The number of methoxy groups -OCH3 is 2. The van der Waals surface area contributed by atoms with Gasteiger partial charge < -0.3 is 19.7 Å². The fraction of sp³-hybridized carbons (Fsp3) is 0.611. The first-order valence-corrected chi connectivity index (χ1v) is 10.4. The van der Waals surface area contributed by atoms with Gasteiger partial charge in [-0.2, -0.15) is 4.31 Å². The van der Waals surface area contributed by atoms with E-state index in [0.717, 1.165) is 6.54 Å². The minimum absolute atomic E-state index is 0.0000136. The molecular formula is C18H29N3O5S. The second kappa shape index (κ2) is 9.38. The van der Waals surface area contributed by atoms with Gasteiger partial charge in [-0.3, -0.25) is 4.79 Å². The zero-order chi connectivity index (χ0) is 20.0. The van der Waals surface area contributed by atoms with Gasteiger partial charge in [0.25, 0.3) is 0 Å². The van der Waals surface area contributed by atoms with Crippen molar-refractivity contribution in [3.05, 3.63) is 18.2 Å². The molecule has 1 heterocycles. The van der Waals surface area contributed by atoms with Gasteiger partial charge in [-0.05, 0) is 39.1 Å². The van der Waals surface area contributed by atoms with E-state index in [2.05, 4.69) is 5.32 Å². The fourth-order valence-electron chi connectivity index (χ4n) is 3.03. The third-order valence-electron chi connectivity index (χ3n) is 4.68.